The van der Waals surface area contributed by atoms with E-state index >= 15 is 0 Å². The van der Waals surface area contributed by atoms with Gasteiger partial charge in [-0.25, -0.2) is 0 Å². The van der Waals surface area contributed by atoms with Crippen LogP contribution in [-0.2, 0) is 24.2 Å². The monoisotopic (exact) mass is 391 g/mol. The molecule has 8 heteroatoms. The molecule has 1 atom stereocenters. The van der Waals surface area contributed by atoms with Gasteiger partial charge in [0.15, 0.2) is 0 Å². The van der Waals surface area contributed by atoms with Gasteiger partial charge in [0, 0.05) is 32.4 Å². The summed E-state index contributed by atoms with van der Waals surface area (Å²) in [5, 5.41) is 15.1. The molecule has 2 aliphatic rings. The normalized spacial score (nSPS) is 19.3. The molecule has 0 radical (unpaired) electrons. The van der Waals surface area contributed by atoms with Crippen molar-refractivity contribution in [3.8, 4) is 0 Å². The molecule has 1 saturated heterocycles. The number of fused-ring (bicyclic) bond motifs is 1. The Hall–Kier alpha value is -0.850. The van der Waals surface area contributed by atoms with Gasteiger partial charge >= 0.3 is 0 Å². The lowest BCUT2D eigenvalue weighted by molar-refractivity contribution is -0.121. The standard InChI is InChI=1S/C17H29N5O.2ClH/c23-17(8-7-14-9-11-18-13-14)19-10-4-6-16-21-20-15-5-2-1-3-12-22(15)16;;/h14,18H,1-13H2,(H,19,23);2*1H. The van der Waals surface area contributed by atoms with Crippen molar-refractivity contribution in [2.75, 3.05) is 19.6 Å². The second-order valence-corrected chi connectivity index (χ2v) is 6.85. The van der Waals surface area contributed by atoms with E-state index in [4.69, 9.17) is 0 Å². The van der Waals surface area contributed by atoms with E-state index in [9.17, 15) is 4.79 Å². The molecule has 3 heterocycles. The number of nitrogens with one attached hydrogen (secondary N) is 2. The first-order valence-corrected chi connectivity index (χ1v) is 9.21. The molecule has 1 unspecified atom stereocenters. The Morgan fingerprint density at radius 2 is 2.12 bits per heavy atom. The number of amides is 1. The fourth-order valence-corrected chi connectivity index (χ4v) is 3.59. The first kappa shape index (κ1) is 22.2. The fraction of sp³-hybridized carbons (Fsp3) is 0.824. The van der Waals surface area contributed by atoms with Crippen molar-refractivity contribution in [1.82, 2.24) is 25.4 Å². The second-order valence-electron chi connectivity index (χ2n) is 6.85. The van der Waals surface area contributed by atoms with Crippen molar-refractivity contribution in [3.05, 3.63) is 11.6 Å². The summed E-state index contributed by atoms with van der Waals surface area (Å²) >= 11 is 0. The smallest absolute Gasteiger partial charge is 0.220 e. The van der Waals surface area contributed by atoms with Crippen LogP contribution in [-0.4, -0.2) is 40.3 Å². The minimum atomic E-state index is 0. The topological polar surface area (TPSA) is 71.8 Å². The first-order chi connectivity index (χ1) is 11.3. The molecular weight excluding hydrogens is 361 g/mol. The summed E-state index contributed by atoms with van der Waals surface area (Å²) in [6.07, 6.45) is 9.52. The van der Waals surface area contributed by atoms with Crippen LogP contribution >= 0.6 is 24.8 Å². The molecule has 0 saturated carbocycles. The van der Waals surface area contributed by atoms with E-state index in [1.807, 2.05) is 0 Å². The zero-order chi connectivity index (χ0) is 15.9. The molecule has 1 aromatic rings. The summed E-state index contributed by atoms with van der Waals surface area (Å²) in [5.74, 6) is 3.11. The van der Waals surface area contributed by atoms with E-state index < -0.39 is 0 Å². The maximum Gasteiger partial charge on any atom is 0.220 e. The summed E-state index contributed by atoms with van der Waals surface area (Å²) in [4.78, 5) is 11.9. The van der Waals surface area contributed by atoms with Gasteiger partial charge in [-0.2, -0.15) is 0 Å². The molecule has 2 aliphatic heterocycles. The number of aromatic nitrogens is 3. The number of hydrogen-bond acceptors (Lipinski definition) is 4. The molecule has 6 nitrogen and oxygen atoms in total. The van der Waals surface area contributed by atoms with Gasteiger partial charge in [-0.15, -0.1) is 35.0 Å². The number of carbonyl (C=O) groups is 1. The average Bonchev–Trinajstić information content (AvgIpc) is 3.15. The van der Waals surface area contributed by atoms with Gasteiger partial charge in [0.2, 0.25) is 5.91 Å². The molecule has 2 N–H and O–H groups in total. The van der Waals surface area contributed by atoms with E-state index in [0.717, 1.165) is 63.5 Å². The molecule has 1 amide bonds. The van der Waals surface area contributed by atoms with Crippen LogP contribution in [0.2, 0.25) is 0 Å². The third-order valence-electron chi connectivity index (χ3n) is 5.03. The highest BCUT2D eigenvalue weighted by Crippen LogP contribution is 2.15. The van der Waals surface area contributed by atoms with Crippen LogP contribution < -0.4 is 10.6 Å². The van der Waals surface area contributed by atoms with Crippen LogP contribution in [0.15, 0.2) is 0 Å². The number of rotatable bonds is 7. The quantitative estimate of drug-likeness (QED) is 0.699. The van der Waals surface area contributed by atoms with E-state index in [1.54, 1.807) is 0 Å². The van der Waals surface area contributed by atoms with Crippen molar-refractivity contribution >= 4 is 30.7 Å². The van der Waals surface area contributed by atoms with Crippen LogP contribution in [0.5, 0.6) is 0 Å². The Kier molecular flexibility index (Phi) is 10.4. The van der Waals surface area contributed by atoms with Crippen LogP contribution in [0.25, 0.3) is 0 Å². The van der Waals surface area contributed by atoms with Crippen molar-refractivity contribution in [1.29, 1.82) is 0 Å². The maximum atomic E-state index is 11.9. The van der Waals surface area contributed by atoms with Gasteiger partial charge in [-0.1, -0.05) is 6.42 Å². The minimum absolute atomic E-state index is 0. The highest BCUT2D eigenvalue weighted by molar-refractivity contribution is 5.85. The zero-order valence-corrected chi connectivity index (χ0v) is 16.5. The molecule has 0 spiro atoms. The summed E-state index contributed by atoms with van der Waals surface area (Å²) in [6, 6.07) is 0. The van der Waals surface area contributed by atoms with Crippen molar-refractivity contribution in [2.24, 2.45) is 5.92 Å². The zero-order valence-electron chi connectivity index (χ0n) is 14.8. The third-order valence-corrected chi connectivity index (χ3v) is 5.03. The van der Waals surface area contributed by atoms with E-state index in [0.29, 0.717) is 12.3 Å². The molecule has 1 fully saturated rings. The highest BCUT2D eigenvalue weighted by Gasteiger charge is 2.16. The van der Waals surface area contributed by atoms with Crippen LogP contribution in [0, 0.1) is 5.92 Å². The Balaban J connectivity index is 0.00000156. The third kappa shape index (κ3) is 6.76. The molecule has 0 aromatic carbocycles. The molecule has 0 bridgehead atoms. The summed E-state index contributed by atoms with van der Waals surface area (Å²) in [5.41, 5.74) is 0. The SMILES string of the molecule is Cl.Cl.O=C(CCC1CCNC1)NCCCc1nnc2n1CCCCC2. The molecule has 144 valence electrons. The van der Waals surface area contributed by atoms with Crippen molar-refractivity contribution in [3.63, 3.8) is 0 Å². The van der Waals surface area contributed by atoms with Gasteiger partial charge in [0.25, 0.3) is 0 Å². The van der Waals surface area contributed by atoms with Gasteiger partial charge in [0.05, 0.1) is 0 Å². The molecule has 25 heavy (non-hydrogen) atoms. The molecule has 3 rings (SSSR count). The van der Waals surface area contributed by atoms with Crippen LogP contribution in [0.4, 0.5) is 0 Å². The lowest BCUT2D eigenvalue weighted by Gasteiger charge is -2.09. The Morgan fingerprint density at radius 1 is 1.24 bits per heavy atom. The van der Waals surface area contributed by atoms with Gasteiger partial charge < -0.3 is 15.2 Å². The predicted molar refractivity (Wildman–Crippen MR) is 104 cm³/mol. The minimum Gasteiger partial charge on any atom is -0.356 e. The van der Waals surface area contributed by atoms with Crippen LogP contribution in [0.3, 0.4) is 0 Å². The van der Waals surface area contributed by atoms with Gasteiger partial charge in [-0.3, -0.25) is 4.79 Å². The number of nitrogens with zero attached hydrogens (tertiary/aromatic N) is 3. The number of carbonyl (C=O) groups excluding carboxylic acids is 1. The number of hydrogen-bond donors (Lipinski definition) is 2. The predicted octanol–water partition coefficient (Wildman–Crippen LogP) is 2.29. The largest absolute Gasteiger partial charge is 0.356 e. The van der Waals surface area contributed by atoms with E-state index in [1.165, 1.54) is 25.7 Å². The van der Waals surface area contributed by atoms with E-state index in [-0.39, 0.29) is 30.7 Å². The maximum absolute atomic E-state index is 11.9. The summed E-state index contributed by atoms with van der Waals surface area (Å²) < 4.78 is 2.29. The second kappa shape index (κ2) is 11.7. The fourth-order valence-electron chi connectivity index (χ4n) is 3.59. The summed E-state index contributed by atoms with van der Waals surface area (Å²) in [6.45, 7) is 3.98. The Bertz CT molecular complexity index is 517. The lowest BCUT2D eigenvalue weighted by Crippen LogP contribution is -2.25. The Morgan fingerprint density at radius 3 is 2.92 bits per heavy atom. The molecule has 1 aromatic heterocycles. The Labute approximate surface area is 162 Å². The average molecular weight is 392 g/mol. The van der Waals surface area contributed by atoms with Gasteiger partial charge in [0.1, 0.15) is 11.6 Å². The highest BCUT2D eigenvalue weighted by atomic mass is 35.5. The van der Waals surface area contributed by atoms with Gasteiger partial charge in [-0.05, 0) is 51.1 Å². The van der Waals surface area contributed by atoms with Crippen molar-refractivity contribution in [2.45, 2.75) is 64.3 Å². The van der Waals surface area contributed by atoms with Crippen molar-refractivity contribution < 1.29 is 4.79 Å². The lowest BCUT2D eigenvalue weighted by atomic mass is 10.0. The number of aryl methyl sites for hydroxylation is 2. The summed E-state index contributed by atoms with van der Waals surface area (Å²) in [7, 11) is 0. The number of halogens is 2. The van der Waals surface area contributed by atoms with E-state index in [2.05, 4.69) is 25.4 Å². The van der Waals surface area contributed by atoms with Crippen LogP contribution in [0.1, 0.15) is 56.6 Å². The first-order valence-electron chi connectivity index (χ1n) is 9.21. The molecule has 0 aliphatic carbocycles. The molecular formula is C17H31Cl2N5O.